The fourth-order valence-electron chi connectivity index (χ4n) is 2.77. The number of carbonyl (C=O) groups excluding carboxylic acids is 2. The van der Waals surface area contributed by atoms with E-state index in [0.29, 0.717) is 13.1 Å². The Morgan fingerprint density at radius 3 is 2.83 bits per heavy atom. The van der Waals surface area contributed by atoms with Crippen LogP contribution in [0.1, 0.15) is 12.6 Å². The molecule has 0 aromatic carbocycles. The van der Waals surface area contributed by atoms with Crippen molar-refractivity contribution in [3.63, 3.8) is 0 Å². The molecule has 2 aromatic rings. The number of rotatable bonds is 3. The van der Waals surface area contributed by atoms with E-state index in [2.05, 4.69) is 14.8 Å². The first-order valence-corrected chi connectivity index (χ1v) is 8.16. The standard InChI is InChI=1S/C14H19N5O3S/c1-8-11-12(17(3)16-8)15-14(23-11)19-6-5-18(7-10(20)22-4)13(21)9(19)2/h9H,5-7H2,1-4H3. The smallest absolute Gasteiger partial charge is 0.325 e. The molecule has 0 spiro atoms. The maximum Gasteiger partial charge on any atom is 0.325 e. The summed E-state index contributed by atoms with van der Waals surface area (Å²) in [6, 6.07) is -0.359. The molecule has 1 saturated heterocycles. The van der Waals surface area contributed by atoms with Crippen LogP contribution in [-0.2, 0) is 21.4 Å². The van der Waals surface area contributed by atoms with Gasteiger partial charge in [0.1, 0.15) is 12.6 Å². The van der Waals surface area contributed by atoms with Gasteiger partial charge in [-0.3, -0.25) is 9.59 Å². The summed E-state index contributed by atoms with van der Waals surface area (Å²) in [6.07, 6.45) is 0. The number of methoxy groups -OCH3 is 1. The van der Waals surface area contributed by atoms with E-state index in [1.54, 1.807) is 16.0 Å². The van der Waals surface area contributed by atoms with Crippen LogP contribution in [0, 0.1) is 6.92 Å². The van der Waals surface area contributed by atoms with Crippen molar-refractivity contribution in [1.82, 2.24) is 19.7 Å². The second-order valence-electron chi connectivity index (χ2n) is 5.56. The number of hydrogen-bond donors (Lipinski definition) is 0. The van der Waals surface area contributed by atoms with Crippen LogP contribution in [0.15, 0.2) is 0 Å². The Morgan fingerprint density at radius 2 is 2.17 bits per heavy atom. The molecule has 23 heavy (non-hydrogen) atoms. The number of amides is 1. The Morgan fingerprint density at radius 1 is 1.43 bits per heavy atom. The van der Waals surface area contributed by atoms with Crippen molar-refractivity contribution in [3.8, 4) is 0 Å². The Kier molecular flexibility index (Phi) is 3.97. The molecule has 1 amide bonds. The molecule has 3 heterocycles. The molecule has 1 fully saturated rings. The lowest BCUT2D eigenvalue weighted by molar-refractivity contribution is -0.148. The zero-order chi connectivity index (χ0) is 16.7. The van der Waals surface area contributed by atoms with E-state index in [1.807, 2.05) is 25.8 Å². The van der Waals surface area contributed by atoms with E-state index >= 15 is 0 Å². The molecule has 9 heteroatoms. The predicted molar refractivity (Wildman–Crippen MR) is 86.5 cm³/mol. The van der Waals surface area contributed by atoms with Crippen LogP contribution in [0.25, 0.3) is 10.3 Å². The second-order valence-corrected chi connectivity index (χ2v) is 6.54. The molecule has 1 unspecified atom stereocenters. The topological polar surface area (TPSA) is 80.6 Å². The molecular weight excluding hydrogens is 318 g/mol. The third-order valence-electron chi connectivity index (χ3n) is 4.07. The molecule has 1 aliphatic rings. The molecule has 0 N–H and O–H groups in total. The molecular formula is C14H19N5O3S. The van der Waals surface area contributed by atoms with Crippen molar-refractivity contribution >= 4 is 38.7 Å². The highest BCUT2D eigenvalue weighted by molar-refractivity contribution is 7.22. The number of aryl methyl sites for hydroxylation is 2. The number of esters is 1. The van der Waals surface area contributed by atoms with E-state index in [4.69, 9.17) is 0 Å². The molecule has 8 nitrogen and oxygen atoms in total. The summed E-state index contributed by atoms with van der Waals surface area (Å²) >= 11 is 1.55. The normalized spacial score (nSPS) is 18.8. The minimum atomic E-state index is -0.402. The monoisotopic (exact) mass is 337 g/mol. The fraction of sp³-hybridized carbons (Fsp3) is 0.571. The Labute approximate surface area is 137 Å². The first-order valence-electron chi connectivity index (χ1n) is 7.34. The first kappa shape index (κ1) is 15.7. The molecule has 2 aromatic heterocycles. The molecule has 0 bridgehead atoms. The molecule has 1 aliphatic heterocycles. The zero-order valence-corrected chi connectivity index (χ0v) is 14.4. The van der Waals surface area contributed by atoms with Gasteiger partial charge < -0.3 is 14.5 Å². The molecule has 3 rings (SSSR count). The summed E-state index contributed by atoms with van der Waals surface area (Å²) in [5.41, 5.74) is 1.77. The minimum absolute atomic E-state index is 0.00359. The van der Waals surface area contributed by atoms with Crippen molar-refractivity contribution in [2.45, 2.75) is 19.9 Å². The van der Waals surface area contributed by atoms with Gasteiger partial charge in [0.05, 0.1) is 17.5 Å². The van der Waals surface area contributed by atoms with Crippen molar-refractivity contribution in [1.29, 1.82) is 0 Å². The van der Waals surface area contributed by atoms with Crippen LogP contribution in [0.4, 0.5) is 5.13 Å². The fourth-order valence-corrected chi connectivity index (χ4v) is 3.90. The van der Waals surface area contributed by atoms with Gasteiger partial charge in [-0.2, -0.15) is 5.10 Å². The van der Waals surface area contributed by atoms with E-state index < -0.39 is 5.97 Å². The van der Waals surface area contributed by atoms with Crippen LogP contribution in [0.3, 0.4) is 0 Å². The number of fused-ring (bicyclic) bond motifs is 1. The number of carbonyl (C=O) groups is 2. The summed E-state index contributed by atoms with van der Waals surface area (Å²) in [5.74, 6) is -0.489. The lowest BCUT2D eigenvalue weighted by Crippen LogP contribution is -2.57. The van der Waals surface area contributed by atoms with Gasteiger partial charge in [0, 0.05) is 20.1 Å². The highest BCUT2D eigenvalue weighted by Gasteiger charge is 2.34. The van der Waals surface area contributed by atoms with Crippen molar-refractivity contribution in [2.75, 3.05) is 31.6 Å². The van der Waals surface area contributed by atoms with Gasteiger partial charge in [0.25, 0.3) is 0 Å². The maximum absolute atomic E-state index is 12.5. The summed E-state index contributed by atoms with van der Waals surface area (Å²) in [7, 11) is 3.19. The summed E-state index contributed by atoms with van der Waals surface area (Å²) in [5, 5.41) is 5.16. The van der Waals surface area contributed by atoms with Gasteiger partial charge in [-0.05, 0) is 13.8 Å². The Bertz CT molecular complexity index is 733. The second kappa shape index (κ2) is 5.80. The first-order chi connectivity index (χ1) is 10.9. The third-order valence-corrected chi connectivity index (χ3v) is 5.26. The van der Waals surface area contributed by atoms with Crippen LogP contribution in [-0.4, -0.2) is 64.3 Å². The van der Waals surface area contributed by atoms with Gasteiger partial charge in [-0.1, -0.05) is 11.3 Å². The van der Waals surface area contributed by atoms with E-state index in [-0.39, 0.29) is 18.5 Å². The minimum Gasteiger partial charge on any atom is -0.468 e. The summed E-state index contributed by atoms with van der Waals surface area (Å²) < 4.78 is 7.43. The van der Waals surface area contributed by atoms with Gasteiger partial charge in [-0.25, -0.2) is 9.67 Å². The molecule has 0 saturated carbocycles. The zero-order valence-electron chi connectivity index (χ0n) is 13.6. The van der Waals surface area contributed by atoms with E-state index in [1.165, 1.54) is 12.0 Å². The number of ether oxygens (including phenoxy) is 1. The van der Waals surface area contributed by atoms with Crippen LogP contribution in [0.5, 0.6) is 0 Å². The van der Waals surface area contributed by atoms with Gasteiger partial charge in [0.15, 0.2) is 10.8 Å². The molecule has 0 radical (unpaired) electrons. The lowest BCUT2D eigenvalue weighted by atomic mass is 10.2. The quantitative estimate of drug-likeness (QED) is 0.761. The highest BCUT2D eigenvalue weighted by Crippen LogP contribution is 2.32. The summed E-state index contributed by atoms with van der Waals surface area (Å²) in [6.45, 7) is 4.90. The number of hydrogen-bond acceptors (Lipinski definition) is 7. The van der Waals surface area contributed by atoms with Crippen molar-refractivity contribution in [3.05, 3.63) is 5.69 Å². The van der Waals surface area contributed by atoms with Crippen LogP contribution >= 0.6 is 11.3 Å². The number of nitrogens with zero attached hydrogens (tertiary/aromatic N) is 5. The number of aromatic nitrogens is 3. The van der Waals surface area contributed by atoms with Gasteiger partial charge in [0.2, 0.25) is 5.91 Å². The predicted octanol–water partition coefficient (Wildman–Crippen LogP) is 0.548. The van der Waals surface area contributed by atoms with Crippen molar-refractivity contribution in [2.24, 2.45) is 7.05 Å². The Hall–Kier alpha value is -2.16. The van der Waals surface area contributed by atoms with E-state index in [9.17, 15) is 9.59 Å². The van der Waals surface area contributed by atoms with Crippen LogP contribution < -0.4 is 4.90 Å². The SMILES string of the molecule is COC(=O)CN1CCN(c2nc3c(s2)c(C)nn3C)C(C)C1=O. The average Bonchev–Trinajstić information content (AvgIpc) is 3.06. The molecule has 1 atom stereocenters. The lowest BCUT2D eigenvalue weighted by Gasteiger charge is -2.38. The number of anilines is 1. The van der Waals surface area contributed by atoms with Crippen molar-refractivity contribution < 1.29 is 14.3 Å². The molecule has 0 aliphatic carbocycles. The average molecular weight is 337 g/mol. The summed E-state index contributed by atoms with van der Waals surface area (Å²) in [4.78, 5) is 32.0. The third kappa shape index (κ3) is 2.65. The molecule has 124 valence electrons. The van der Waals surface area contributed by atoms with Gasteiger partial charge in [-0.15, -0.1) is 0 Å². The largest absolute Gasteiger partial charge is 0.468 e. The van der Waals surface area contributed by atoms with E-state index in [0.717, 1.165) is 21.2 Å². The van der Waals surface area contributed by atoms with Gasteiger partial charge >= 0.3 is 5.97 Å². The number of piperazine rings is 1. The highest BCUT2D eigenvalue weighted by atomic mass is 32.1. The maximum atomic E-state index is 12.5. The Balaban J connectivity index is 1.82. The number of thiazole rings is 1. The van der Waals surface area contributed by atoms with Crippen LogP contribution in [0.2, 0.25) is 0 Å².